The lowest BCUT2D eigenvalue weighted by molar-refractivity contribution is 0.0849. The summed E-state index contributed by atoms with van der Waals surface area (Å²) in [6, 6.07) is 17.8. The van der Waals surface area contributed by atoms with E-state index in [1.54, 1.807) is 30.3 Å². The van der Waals surface area contributed by atoms with Gasteiger partial charge in [-0.25, -0.2) is 0 Å². The molecule has 1 aliphatic heterocycles. The fourth-order valence-electron chi connectivity index (χ4n) is 3.67. The van der Waals surface area contributed by atoms with E-state index in [-0.39, 0.29) is 24.2 Å². The molecule has 0 fully saturated rings. The van der Waals surface area contributed by atoms with Crippen LogP contribution in [0.5, 0.6) is 23.0 Å². The zero-order valence-electron chi connectivity index (χ0n) is 18.0. The molecule has 0 radical (unpaired) electrons. The molecule has 3 aromatic rings. The molecule has 1 atom stereocenters. The average Bonchev–Trinajstić information content (AvgIpc) is 2.83. The van der Waals surface area contributed by atoms with Gasteiger partial charge < -0.3 is 24.3 Å². The average molecular weight is 433 g/mol. The normalized spacial score (nSPS) is 14.7. The third kappa shape index (κ3) is 4.09. The Bertz CT molecular complexity index is 1130. The van der Waals surface area contributed by atoms with Crippen molar-refractivity contribution in [2.75, 3.05) is 26.6 Å². The fraction of sp³-hybridized carbons (Fsp3) is 0.200. The van der Waals surface area contributed by atoms with Gasteiger partial charge in [-0.15, -0.1) is 0 Å². The summed E-state index contributed by atoms with van der Waals surface area (Å²) in [5.74, 6) is 1.23. The minimum atomic E-state index is -0.379. The molecule has 0 aromatic heterocycles. The maximum atomic E-state index is 12.9. The van der Waals surface area contributed by atoms with Crippen LogP contribution < -0.4 is 24.3 Å². The molecule has 0 saturated heterocycles. The first-order chi connectivity index (χ1) is 15.5. The van der Waals surface area contributed by atoms with Crippen molar-refractivity contribution in [1.29, 1.82) is 0 Å². The van der Waals surface area contributed by atoms with Crippen molar-refractivity contribution < 1.29 is 28.5 Å². The second-order valence-corrected chi connectivity index (χ2v) is 7.22. The SMILES string of the molecule is COc1cc(C(=O)Nc2ccc3c(c2)C(=O)CC(c2ccccc2)O3)cc(OC)c1OC. The van der Waals surface area contributed by atoms with Crippen LogP contribution in [0.1, 0.15) is 38.8 Å². The maximum Gasteiger partial charge on any atom is 0.255 e. The van der Waals surface area contributed by atoms with Gasteiger partial charge >= 0.3 is 0 Å². The van der Waals surface area contributed by atoms with Crippen molar-refractivity contribution in [3.05, 3.63) is 77.4 Å². The summed E-state index contributed by atoms with van der Waals surface area (Å²) in [6.45, 7) is 0. The van der Waals surface area contributed by atoms with E-state index in [0.717, 1.165) is 5.56 Å². The van der Waals surface area contributed by atoms with Crippen molar-refractivity contribution in [2.45, 2.75) is 12.5 Å². The van der Waals surface area contributed by atoms with E-state index in [0.29, 0.717) is 39.8 Å². The number of ketones is 1. The standard InChI is InChI=1S/C25H23NO6/c1-29-22-11-16(12-23(30-2)24(22)31-3)25(28)26-17-9-10-20-18(13-17)19(27)14-21(32-20)15-7-5-4-6-8-15/h4-13,21H,14H2,1-3H3,(H,26,28). The molecule has 0 spiro atoms. The second-order valence-electron chi connectivity index (χ2n) is 7.22. The largest absolute Gasteiger partial charge is 0.493 e. The summed E-state index contributed by atoms with van der Waals surface area (Å²) in [4.78, 5) is 25.6. The van der Waals surface area contributed by atoms with Crippen molar-refractivity contribution in [2.24, 2.45) is 0 Å². The number of Topliss-reactive ketones (excluding diaryl/α,β-unsaturated/α-hetero) is 1. The van der Waals surface area contributed by atoms with Crippen LogP contribution in [0.25, 0.3) is 0 Å². The highest BCUT2D eigenvalue weighted by molar-refractivity contribution is 6.06. The van der Waals surface area contributed by atoms with E-state index in [1.165, 1.54) is 21.3 Å². The number of benzene rings is 3. The fourth-order valence-corrected chi connectivity index (χ4v) is 3.67. The number of hydrogen-bond donors (Lipinski definition) is 1. The van der Waals surface area contributed by atoms with Crippen LogP contribution >= 0.6 is 0 Å². The van der Waals surface area contributed by atoms with E-state index in [1.807, 2.05) is 30.3 Å². The first-order valence-corrected chi connectivity index (χ1v) is 10.0. The lowest BCUT2D eigenvalue weighted by atomic mass is 9.96. The molecule has 164 valence electrons. The van der Waals surface area contributed by atoms with Gasteiger partial charge in [-0.3, -0.25) is 9.59 Å². The number of carbonyl (C=O) groups is 2. The number of methoxy groups -OCH3 is 3. The molecular weight excluding hydrogens is 410 g/mol. The number of carbonyl (C=O) groups excluding carboxylic acids is 2. The van der Waals surface area contributed by atoms with E-state index in [4.69, 9.17) is 18.9 Å². The Morgan fingerprint density at radius 3 is 2.25 bits per heavy atom. The monoisotopic (exact) mass is 433 g/mol. The number of rotatable bonds is 6. The van der Waals surface area contributed by atoms with Crippen LogP contribution in [0.3, 0.4) is 0 Å². The van der Waals surface area contributed by atoms with Crippen LogP contribution in [0.2, 0.25) is 0 Å². The summed E-state index contributed by atoms with van der Waals surface area (Å²) in [7, 11) is 4.46. The lowest BCUT2D eigenvalue weighted by Crippen LogP contribution is -2.21. The summed E-state index contributed by atoms with van der Waals surface area (Å²) < 4.78 is 21.9. The highest BCUT2D eigenvalue weighted by atomic mass is 16.5. The van der Waals surface area contributed by atoms with Crippen LogP contribution in [0.4, 0.5) is 5.69 Å². The summed E-state index contributed by atoms with van der Waals surface area (Å²) in [6.07, 6.45) is -0.0859. The third-order valence-corrected chi connectivity index (χ3v) is 5.28. The van der Waals surface area contributed by atoms with Gasteiger partial charge in [-0.05, 0) is 35.9 Å². The summed E-state index contributed by atoms with van der Waals surface area (Å²) in [5, 5.41) is 2.81. The Labute approximate surface area is 185 Å². The van der Waals surface area contributed by atoms with Crippen molar-refractivity contribution in [3.8, 4) is 23.0 Å². The quantitative estimate of drug-likeness (QED) is 0.608. The highest BCUT2D eigenvalue weighted by Crippen LogP contribution is 2.39. The molecule has 0 bridgehead atoms. The van der Waals surface area contributed by atoms with Gasteiger partial charge in [0.05, 0.1) is 33.3 Å². The predicted octanol–water partition coefficient (Wildman–Crippen LogP) is 4.67. The number of nitrogens with one attached hydrogen (secondary N) is 1. The molecule has 1 amide bonds. The van der Waals surface area contributed by atoms with Gasteiger partial charge in [0.15, 0.2) is 17.3 Å². The van der Waals surface area contributed by atoms with Crippen LogP contribution in [0.15, 0.2) is 60.7 Å². The van der Waals surface area contributed by atoms with Crippen LogP contribution in [0, 0.1) is 0 Å². The molecular formula is C25H23NO6. The maximum absolute atomic E-state index is 12.9. The number of amides is 1. The number of ether oxygens (including phenoxy) is 4. The zero-order chi connectivity index (χ0) is 22.7. The Morgan fingerprint density at radius 1 is 0.938 bits per heavy atom. The third-order valence-electron chi connectivity index (χ3n) is 5.28. The molecule has 0 aliphatic carbocycles. The van der Waals surface area contributed by atoms with Gasteiger partial charge in [0.2, 0.25) is 5.75 Å². The molecule has 0 saturated carbocycles. The van der Waals surface area contributed by atoms with E-state index in [2.05, 4.69) is 5.32 Å². The second kappa shape index (κ2) is 9.01. The topological polar surface area (TPSA) is 83.1 Å². The van der Waals surface area contributed by atoms with Crippen molar-refractivity contribution in [1.82, 2.24) is 0 Å². The van der Waals surface area contributed by atoms with Gasteiger partial charge in [0.1, 0.15) is 11.9 Å². The molecule has 4 rings (SSSR count). The van der Waals surface area contributed by atoms with Crippen LogP contribution in [-0.2, 0) is 0 Å². The van der Waals surface area contributed by atoms with E-state index in [9.17, 15) is 9.59 Å². The summed E-state index contributed by atoms with van der Waals surface area (Å²) in [5.41, 5.74) is 2.20. The molecule has 7 nitrogen and oxygen atoms in total. The van der Waals surface area contributed by atoms with Gasteiger partial charge in [0, 0.05) is 11.3 Å². The first-order valence-electron chi connectivity index (χ1n) is 10.0. The molecule has 1 unspecified atom stereocenters. The predicted molar refractivity (Wildman–Crippen MR) is 119 cm³/mol. The van der Waals surface area contributed by atoms with Gasteiger partial charge in [0.25, 0.3) is 5.91 Å². The molecule has 3 aromatic carbocycles. The Kier molecular flexibility index (Phi) is 5.98. The Balaban J connectivity index is 1.56. The number of hydrogen-bond acceptors (Lipinski definition) is 6. The smallest absolute Gasteiger partial charge is 0.255 e. The Morgan fingerprint density at radius 2 is 1.62 bits per heavy atom. The van der Waals surface area contributed by atoms with Crippen molar-refractivity contribution in [3.63, 3.8) is 0 Å². The van der Waals surface area contributed by atoms with Crippen molar-refractivity contribution >= 4 is 17.4 Å². The molecule has 1 heterocycles. The molecule has 32 heavy (non-hydrogen) atoms. The minimum Gasteiger partial charge on any atom is -0.493 e. The summed E-state index contributed by atoms with van der Waals surface area (Å²) >= 11 is 0. The molecule has 1 aliphatic rings. The van der Waals surface area contributed by atoms with Gasteiger partial charge in [-0.1, -0.05) is 30.3 Å². The highest BCUT2D eigenvalue weighted by Gasteiger charge is 2.28. The minimum absolute atomic E-state index is 0.0380. The number of anilines is 1. The molecule has 7 heteroatoms. The zero-order valence-corrected chi connectivity index (χ0v) is 18.0. The lowest BCUT2D eigenvalue weighted by Gasteiger charge is -2.26. The van der Waals surface area contributed by atoms with Gasteiger partial charge in [-0.2, -0.15) is 0 Å². The number of fused-ring (bicyclic) bond motifs is 1. The van der Waals surface area contributed by atoms with Crippen LogP contribution in [-0.4, -0.2) is 33.0 Å². The first kappa shape index (κ1) is 21.2. The Hall–Kier alpha value is -4.00. The van der Waals surface area contributed by atoms with E-state index < -0.39 is 0 Å². The van der Waals surface area contributed by atoms with E-state index >= 15 is 0 Å². The molecule has 1 N–H and O–H groups in total.